The lowest BCUT2D eigenvalue weighted by atomic mass is 10.2. The molecule has 0 radical (unpaired) electrons. The quantitative estimate of drug-likeness (QED) is 0.736. The van der Waals surface area contributed by atoms with Gasteiger partial charge in [0.2, 0.25) is 5.95 Å². The van der Waals surface area contributed by atoms with Gasteiger partial charge in [-0.15, -0.1) is 0 Å². The molecule has 0 spiro atoms. The Hall–Kier alpha value is -3.55. The lowest BCUT2D eigenvalue weighted by Crippen LogP contribution is -2.47. The minimum atomic E-state index is -0.488. The second-order valence-electron chi connectivity index (χ2n) is 6.79. The van der Waals surface area contributed by atoms with Crippen LogP contribution in [0.5, 0.6) is 0 Å². The number of nitrogens with zero attached hydrogens (tertiary/aromatic N) is 5. The Bertz CT molecular complexity index is 1010. The number of anilines is 3. The minimum absolute atomic E-state index is 0.124. The highest BCUT2D eigenvalue weighted by Gasteiger charge is 2.21. The Labute approximate surface area is 168 Å². The standard InChI is InChI=1S/C21H21FN6O/c1-15-14-18(20(29)25-17-7-3-2-6-16(17)22)26-21(24-15)28-12-10-27(11-13-28)19-8-4-5-9-23-19/h2-9,14H,10-13H2,1H3,(H,25,29). The molecule has 1 fully saturated rings. The van der Waals surface area contributed by atoms with Gasteiger partial charge in [-0.05, 0) is 37.3 Å². The third-order valence-electron chi connectivity index (χ3n) is 4.73. The predicted molar refractivity (Wildman–Crippen MR) is 110 cm³/mol. The molecule has 0 unspecified atom stereocenters. The molecule has 0 atom stereocenters. The zero-order chi connectivity index (χ0) is 20.2. The number of para-hydroxylation sites is 1. The van der Waals surface area contributed by atoms with Crippen molar-refractivity contribution in [1.82, 2.24) is 15.0 Å². The first-order chi connectivity index (χ1) is 14.1. The van der Waals surface area contributed by atoms with E-state index in [0.717, 1.165) is 18.9 Å². The fourth-order valence-corrected chi connectivity index (χ4v) is 3.24. The number of benzene rings is 1. The summed E-state index contributed by atoms with van der Waals surface area (Å²) in [6.45, 7) is 4.81. The molecular formula is C21H21FN6O. The molecule has 1 N–H and O–H groups in total. The monoisotopic (exact) mass is 392 g/mol. The number of hydrogen-bond acceptors (Lipinski definition) is 6. The Morgan fingerprint density at radius 3 is 2.45 bits per heavy atom. The number of aryl methyl sites for hydroxylation is 1. The average Bonchev–Trinajstić information content (AvgIpc) is 2.75. The third-order valence-corrected chi connectivity index (χ3v) is 4.73. The van der Waals surface area contributed by atoms with E-state index in [1.807, 2.05) is 30.0 Å². The fourth-order valence-electron chi connectivity index (χ4n) is 3.24. The summed E-state index contributed by atoms with van der Waals surface area (Å²) in [7, 11) is 0. The second-order valence-corrected chi connectivity index (χ2v) is 6.79. The van der Waals surface area contributed by atoms with Gasteiger partial charge < -0.3 is 15.1 Å². The van der Waals surface area contributed by atoms with Gasteiger partial charge in [0.15, 0.2) is 0 Å². The topological polar surface area (TPSA) is 74.2 Å². The number of carbonyl (C=O) groups is 1. The van der Waals surface area contributed by atoms with Gasteiger partial charge in [-0.1, -0.05) is 18.2 Å². The molecule has 1 aliphatic rings. The first-order valence-electron chi connectivity index (χ1n) is 9.42. The van der Waals surface area contributed by atoms with Crippen LogP contribution >= 0.6 is 0 Å². The lowest BCUT2D eigenvalue weighted by molar-refractivity contribution is 0.102. The second kappa shape index (κ2) is 8.22. The maximum Gasteiger partial charge on any atom is 0.274 e. The summed E-state index contributed by atoms with van der Waals surface area (Å²) in [5, 5.41) is 2.57. The number of piperazine rings is 1. The molecule has 4 rings (SSSR count). The van der Waals surface area contributed by atoms with Crippen LogP contribution in [0.4, 0.5) is 21.8 Å². The number of hydrogen-bond donors (Lipinski definition) is 1. The average molecular weight is 392 g/mol. The molecule has 2 aromatic heterocycles. The number of halogens is 1. The highest BCUT2D eigenvalue weighted by Crippen LogP contribution is 2.18. The zero-order valence-electron chi connectivity index (χ0n) is 16.0. The van der Waals surface area contributed by atoms with Crippen LogP contribution in [0.15, 0.2) is 54.7 Å². The molecule has 1 aromatic carbocycles. The maximum absolute atomic E-state index is 13.8. The minimum Gasteiger partial charge on any atom is -0.353 e. The van der Waals surface area contributed by atoms with Gasteiger partial charge >= 0.3 is 0 Å². The lowest BCUT2D eigenvalue weighted by Gasteiger charge is -2.35. The van der Waals surface area contributed by atoms with Crippen molar-refractivity contribution in [3.8, 4) is 0 Å². The van der Waals surface area contributed by atoms with Crippen molar-refractivity contribution in [3.63, 3.8) is 0 Å². The first-order valence-corrected chi connectivity index (χ1v) is 9.42. The van der Waals surface area contributed by atoms with E-state index in [9.17, 15) is 9.18 Å². The van der Waals surface area contributed by atoms with Crippen LogP contribution in [0, 0.1) is 12.7 Å². The summed E-state index contributed by atoms with van der Waals surface area (Å²) in [4.78, 5) is 30.1. The van der Waals surface area contributed by atoms with Gasteiger partial charge in [-0.25, -0.2) is 19.3 Å². The van der Waals surface area contributed by atoms with Gasteiger partial charge in [0, 0.05) is 38.1 Å². The van der Waals surface area contributed by atoms with Crippen molar-refractivity contribution < 1.29 is 9.18 Å². The zero-order valence-corrected chi connectivity index (χ0v) is 16.0. The van der Waals surface area contributed by atoms with Crippen LogP contribution in [-0.2, 0) is 0 Å². The summed E-state index contributed by atoms with van der Waals surface area (Å²) in [5.41, 5.74) is 1.02. The van der Waals surface area contributed by atoms with E-state index in [0.29, 0.717) is 24.7 Å². The van der Waals surface area contributed by atoms with Gasteiger partial charge in [0.05, 0.1) is 5.69 Å². The van der Waals surface area contributed by atoms with E-state index in [1.165, 1.54) is 12.1 Å². The summed E-state index contributed by atoms with van der Waals surface area (Å²) < 4.78 is 13.8. The van der Waals surface area contributed by atoms with Gasteiger partial charge in [0.25, 0.3) is 5.91 Å². The molecule has 29 heavy (non-hydrogen) atoms. The highest BCUT2D eigenvalue weighted by molar-refractivity contribution is 6.03. The largest absolute Gasteiger partial charge is 0.353 e. The van der Waals surface area contributed by atoms with Crippen LogP contribution in [0.3, 0.4) is 0 Å². The number of aromatic nitrogens is 3. The number of nitrogens with one attached hydrogen (secondary N) is 1. The van der Waals surface area contributed by atoms with E-state index in [1.54, 1.807) is 24.4 Å². The maximum atomic E-state index is 13.8. The normalized spacial score (nSPS) is 14.0. The molecule has 1 aliphatic heterocycles. The molecule has 3 aromatic rings. The smallest absolute Gasteiger partial charge is 0.274 e. The molecule has 0 saturated carbocycles. The Morgan fingerprint density at radius 1 is 1.00 bits per heavy atom. The van der Waals surface area contributed by atoms with Gasteiger partial charge in [-0.3, -0.25) is 4.79 Å². The number of pyridine rings is 1. The Kier molecular flexibility index (Phi) is 5.33. The molecule has 1 saturated heterocycles. The van der Waals surface area contributed by atoms with E-state index in [4.69, 9.17) is 0 Å². The van der Waals surface area contributed by atoms with Crippen LogP contribution in [0.1, 0.15) is 16.2 Å². The number of carbonyl (C=O) groups excluding carboxylic acids is 1. The molecule has 148 valence electrons. The molecule has 0 aliphatic carbocycles. The van der Waals surface area contributed by atoms with E-state index < -0.39 is 11.7 Å². The first kappa shape index (κ1) is 18.8. The van der Waals surface area contributed by atoms with E-state index in [-0.39, 0.29) is 11.4 Å². The third kappa shape index (κ3) is 4.31. The molecule has 8 heteroatoms. The van der Waals surface area contributed by atoms with E-state index >= 15 is 0 Å². The SMILES string of the molecule is Cc1cc(C(=O)Nc2ccccc2F)nc(N2CCN(c3ccccn3)CC2)n1. The van der Waals surface area contributed by atoms with Crippen molar-refractivity contribution in [1.29, 1.82) is 0 Å². The molecule has 0 bridgehead atoms. The van der Waals surface area contributed by atoms with Crippen molar-refractivity contribution in [3.05, 3.63) is 71.9 Å². The number of amides is 1. The molecule has 1 amide bonds. The van der Waals surface area contributed by atoms with Crippen molar-refractivity contribution in [2.24, 2.45) is 0 Å². The molecule has 3 heterocycles. The highest BCUT2D eigenvalue weighted by atomic mass is 19.1. The van der Waals surface area contributed by atoms with Crippen LogP contribution < -0.4 is 15.1 Å². The van der Waals surface area contributed by atoms with Gasteiger partial charge in [-0.2, -0.15) is 0 Å². The summed E-state index contributed by atoms with van der Waals surface area (Å²) in [5.74, 6) is 0.498. The summed E-state index contributed by atoms with van der Waals surface area (Å²) in [6, 6.07) is 13.5. The molecular weight excluding hydrogens is 371 g/mol. The number of rotatable bonds is 4. The van der Waals surface area contributed by atoms with E-state index in [2.05, 4.69) is 25.2 Å². The Balaban J connectivity index is 1.47. The molecule has 7 nitrogen and oxygen atoms in total. The fraction of sp³-hybridized carbons (Fsp3) is 0.238. The van der Waals surface area contributed by atoms with Crippen molar-refractivity contribution >= 4 is 23.4 Å². The van der Waals surface area contributed by atoms with Crippen LogP contribution in [0.25, 0.3) is 0 Å². The van der Waals surface area contributed by atoms with Gasteiger partial charge in [0.1, 0.15) is 17.3 Å². The van der Waals surface area contributed by atoms with Crippen LogP contribution in [-0.4, -0.2) is 47.0 Å². The van der Waals surface area contributed by atoms with Crippen molar-refractivity contribution in [2.45, 2.75) is 6.92 Å². The predicted octanol–water partition coefficient (Wildman–Crippen LogP) is 2.90. The van der Waals surface area contributed by atoms with Crippen LogP contribution in [0.2, 0.25) is 0 Å². The van der Waals surface area contributed by atoms with Crippen molar-refractivity contribution in [2.75, 3.05) is 41.3 Å². The summed E-state index contributed by atoms with van der Waals surface area (Å²) >= 11 is 0. The summed E-state index contributed by atoms with van der Waals surface area (Å²) in [6.07, 6.45) is 1.78. The Morgan fingerprint density at radius 2 is 1.72 bits per heavy atom.